The lowest BCUT2D eigenvalue weighted by Crippen LogP contribution is -2.25. The van der Waals surface area contributed by atoms with Crippen molar-refractivity contribution < 1.29 is 9.59 Å². The summed E-state index contributed by atoms with van der Waals surface area (Å²) in [5.74, 6) is -0.126. The van der Waals surface area contributed by atoms with Crippen LogP contribution in [0, 0.1) is 6.92 Å². The molecular weight excluding hydrogens is 376 g/mol. The van der Waals surface area contributed by atoms with E-state index in [9.17, 15) is 9.59 Å². The maximum absolute atomic E-state index is 13.2. The summed E-state index contributed by atoms with van der Waals surface area (Å²) in [7, 11) is 0. The zero-order valence-corrected chi connectivity index (χ0v) is 17.0. The van der Waals surface area contributed by atoms with E-state index in [2.05, 4.69) is 24.4 Å². The van der Waals surface area contributed by atoms with Gasteiger partial charge in [-0.25, -0.2) is 4.68 Å². The SMILES string of the molecule is Cc1ccc(-n2nc(C(=O)Nc3ccccc3N3CCCC3=O)c3c2CCC3)cc1. The Balaban J connectivity index is 1.48. The second-order valence-corrected chi connectivity index (χ2v) is 7.99. The van der Waals surface area contributed by atoms with Crippen LogP contribution < -0.4 is 10.2 Å². The van der Waals surface area contributed by atoms with Crippen molar-refractivity contribution in [3.8, 4) is 5.69 Å². The van der Waals surface area contributed by atoms with Crippen molar-refractivity contribution >= 4 is 23.2 Å². The van der Waals surface area contributed by atoms with Gasteiger partial charge in [-0.15, -0.1) is 0 Å². The number of anilines is 2. The summed E-state index contributed by atoms with van der Waals surface area (Å²) >= 11 is 0. The molecule has 0 spiro atoms. The number of para-hydroxylation sites is 2. The Morgan fingerprint density at radius 2 is 1.80 bits per heavy atom. The summed E-state index contributed by atoms with van der Waals surface area (Å²) in [5.41, 5.74) is 6.19. The van der Waals surface area contributed by atoms with Gasteiger partial charge in [0.15, 0.2) is 5.69 Å². The van der Waals surface area contributed by atoms with Gasteiger partial charge in [-0.2, -0.15) is 5.10 Å². The Morgan fingerprint density at radius 3 is 2.57 bits per heavy atom. The zero-order valence-electron chi connectivity index (χ0n) is 17.0. The van der Waals surface area contributed by atoms with Crippen LogP contribution in [0.25, 0.3) is 5.69 Å². The summed E-state index contributed by atoms with van der Waals surface area (Å²) in [6, 6.07) is 15.7. The fraction of sp³-hybridized carbons (Fsp3) is 0.292. The molecule has 5 rings (SSSR count). The topological polar surface area (TPSA) is 67.2 Å². The highest BCUT2D eigenvalue weighted by Crippen LogP contribution is 2.32. The molecule has 1 fully saturated rings. The van der Waals surface area contributed by atoms with Gasteiger partial charge in [-0.3, -0.25) is 9.59 Å². The summed E-state index contributed by atoms with van der Waals surface area (Å²) in [6.07, 6.45) is 4.20. The second-order valence-electron chi connectivity index (χ2n) is 7.99. The average molecular weight is 400 g/mol. The van der Waals surface area contributed by atoms with Crippen LogP contribution in [-0.4, -0.2) is 28.1 Å². The molecule has 0 unspecified atom stereocenters. The molecule has 1 aliphatic heterocycles. The van der Waals surface area contributed by atoms with E-state index in [0.29, 0.717) is 24.3 Å². The Morgan fingerprint density at radius 1 is 1.00 bits per heavy atom. The minimum Gasteiger partial charge on any atom is -0.319 e. The summed E-state index contributed by atoms with van der Waals surface area (Å²) in [6.45, 7) is 2.74. The molecule has 0 radical (unpaired) electrons. The van der Waals surface area contributed by atoms with Crippen LogP contribution in [0.4, 0.5) is 11.4 Å². The van der Waals surface area contributed by atoms with Crippen LogP contribution in [0.5, 0.6) is 0 Å². The van der Waals surface area contributed by atoms with Crippen LogP contribution in [0.15, 0.2) is 48.5 Å². The lowest BCUT2D eigenvalue weighted by Gasteiger charge is -2.19. The number of carbonyl (C=O) groups excluding carboxylic acids is 2. The van der Waals surface area contributed by atoms with E-state index < -0.39 is 0 Å². The van der Waals surface area contributed by atoms with E-state index in [1.54, 1.807) is 4.90 Å². The second kappa shape index (κ2) is 7.44. The van der Waals surface area contributed by atoms with Gasteiger partial charge in [-0.1, -0.05) is 29.8 Å². The molecule has 2 heterocycles. The number of hydrogen-bond acceptors (Lipinski definition) is 3. The van der Waals surface area contributed by atoms with Gasteiger partial charge in [0, 0.05) is 24.2 Å². The van der Waals surface area contributed by atoms with Gasteiger partial charge in [0.1, 0.15) is 0 Å². The molecule has 2 aliphatic rings. The third-order valence-corrected chi connectivity index (χ3v) is 5.94. The van der Waals surface area contributed by atoms with Crippen molar-refractivity contribution in [3.05, 3.63) is 71.0 Å². The first-order valence-electron chi connectivity index (χ1n) is 10.5. The Labute approximate surface area is 175 Å². The van der Waals surface area contributed by atoms with Gasteiger partial charge in [-0.05, 0) is 56.9 Å². The molecule has 30 heavy (non-hydrogen) atoms. The van der Waals surface area contributed by atoms with E-state index in [0.717, 1.165) is 48.3 Å². The van der Waals surface area contributed by atoms with Gasteiger partial charge < -0.3 is 10.2 Å². The first kappa shape index (κ1) is 18.6. The molecule has 0 atom stereocenters. The molecular formula is C24H24N4O2. The molecule has 1 N–H and O–H groups in total. The highest BCUT2D eigenvalue weighted by molar-refractivity contribution is 6.08. The fourth-order valence-electron chi connectivity index (χ4n) is 4.42. The maximum Gasteiger partial charge on any atom is 0.276 e. The highest BCUT2D eigenvalue weighted by Gasteiger charge is 2.28. The van der Waals surface area contributed by atoms with Gasteiger partial charge in [0.2, 0.25) is 5.91 Å². The molecule has 2 aromatic carbocycles. The minimum atomic E-state index is -0.224. The molecule has 0 saturated carbocycles. The first-order valence-corrected chi connectivity index (χ1v) is 10.5. The molecule has 0 bridgehead atoms. The predicted octanol–water partition coefficient (Wildman–Crippen LogP) is 4.05. The number of fused-ring (bicyclic) bond motifs is 1. The largest absolute Gasteiger partial charge is 0.319 e. The number of hydrogen-bond donors (Lipinski definition) is 1. The van der Waals surface area contributed by atoms with Crippen molar-refractivity contribution in [2.75, 3.05) is 16.8 Å². The fourth-order valence-corrected chi connectivity index (χ4v) is 4.42. The van der Waals surface area contributed by atoms with E-state index in [4.69, 9.17) is 5.10 Å². The molecule has 3 aromatic rings. The molecule has 1 aromatic heterocycles. The van der Waals surface area contributed by atoms with Gasteiger partial charge in [0.05, 0.1) is 17.1 Å². The third kappa shape index (κ3) is 3.18. The van der Waals surface area contributed by atoms with Gasteiger partial charge in [0.25, 0.3) is 5.91 Å². The molecule has 1 saturated heterocycles. The summed E-state index contributed by atoms with van der Waals surface area (Å²) in [5, 5.41) is 7.71. The Kier molecular flexibility index (Phi) is 4.62. The monoisotopic (exact) mass is 400 g/mol. The number of rotatable bonds is 4. The maximum atomic E-state index is 13.2. The van der Waals surface area contributed by atoms with Crippen molar-refractivity contribution in [2.45, 2.75) is 39.0 Å². The Bertz CT molecular complexity index is 1130. The number of amides is 2. The zero-order chi connectivity index (χ0) is 20.7. The predicted molar refractivity (Wildman–Crippen MR) is 116 cm³/mol. The molecule has 1 aliphatic carbocycles. The molecule has 152 valence electrons. The summed E-state index contributed by atoms with van der Waals surface area (Å²) < 4.78 is 1.91. The number of nitrogens with zero attached hydrogens (tertiary/aromatic N) is 3. The van der Waals surface area contributed by atoms with E-state index in [-0.39, 0.29) is 11.8 Å². The first-order chi connectivity index (χ1) is 14.6. The number of nitrogens with one attached hydrogen (secondary N) is 1. The summed E-state index contributed by atoms with van der Waals surface area (Å²) in [4.78, 5) is 27.2. The third-order valence-electron chi connectivity index (χ3n) is 5.94. The van der Waals surface area contributed by atoms with Crippen molar-refractivity contribution in [1.29, 1.82) is 0 Å². The number of aromatic nitrogens is 2. The molecule has 2 amide bonds. The standard InChI is InChI=1S/C24H24N4O2/c1-16-11-13-17(14-12-16)28-20-9-4-6-18(20)23(26-28)24(30)25-19-7-2-3-8-21(19)27-15-5-10-22(27)29/h2-3,7-8,11-14H,4-6,9-10,15H2,1H3,(H,25,30). The average Bonchev–Trinajstić information content (AvgIpc) is 3.46. The Hall–Kier alpha value is -3.41. The van der Waals surface area contributed by atoms with E-state index in [1.807, 2.05) is 41.1 Å². The van der Waals surface area contributed by atoms with Crippen molar-refractivity contribution in [2.24, 2.45) is 0 Å². The molecule has 6 heteroatoms. The lowest BCUT2D eigenvalue weighted by molar-refractivity contribution is -0.117. The normalized spacial score (nSPS) is 15.5. The van der Waals surface area contributed by atoms with E-state index in [1.165, 1.54) is 5.56 Å². The minimum absolute atomic E-state index is 0.0984. The lowest BCUT2D eigenvalue weighted by atomic mass is 10.1. The van der Waals surface area contributed by atoms with E-state index >= 15 is 0 Å². The van der Waals surface area contributed by atoms with Crippen molar-refractivity contribution in [3.63, 3.8) is 0 Å². The number of carbonyl (C=O) groups is 2. The van der Waals surface area contributed by atoms with Crippen LogP contribution >= 0.6 is 0 Å². The highest BCUT2D eigenvalue weighted by atomic mass is 16.2. The number of benzene rings is 2. The van der Waals surface area contributed by atoms with Crippen molar-refractivity contribution in [1.82, 2.24) is 9.78 Å². The van der Waals surface area contributed by atoms with Crippen LogP contribution in [0.2, 0.25) is 0 Å². The van der Waals surface area contributed by atoms with Crippen LogP contribution in [0.3, 0.4) is 0 Å². The molecule has 6 nitrogen and oxygen atoms in total. The van der Waals surface area contributed by atoms with Crippen LogP contribution in [-0.2, 0) is 17.6 Å². The smallest absolute Gasteiger partial charge is 0.276 e. The number of aryl methyl sites for hydroxylation is 1. The quantitative estimate of drug-likeness (QED) is 0.718. The van der Waals surface area contributed by atoms with Crippen LogP contribution in [0.1, 0.15) is 46.6 Å². The van der Waals surface area contributed by atoms with Gasteiger partial charge >= 0.3 is 0 Å².